The van der Waals surface area contributed by atoms with Gasteiger partial charge in [0, 0.05) is 44.1 Å². The maximum absolute atomic E-state index is 13.0. The van der Waals surface area contributed by atoms with E-state index in [0.29, 0.717) is 11.5 Å². The summed E-state index contributed by atoms with van der Waals surface area (Å²) in [6, 6.07) is 3.72. The van der Waals surface area contributed by atoms with Crippen LogP contribution in [0.15, 0.2) is 35.7 Å². The fraction of sp³-hybridized carbons (Fsp3) is 0.526. The number of carbonyl (C=O) groups is 1. The molecule has 2 aromatic rings. The van der Waals surface area contributed by atoms with Gasteiger partial charge in [0.25, 0.3) is 5.91 Å². The maximum Gasteiger partial charge on any atom is 0.256 e. The summed E-state index contributed by atoms with van der Waals surface area (Å²) in [5, 5.41) is 0.805. The first kappa shape index (κ1) is 18.0. The van der Waals surface area contributed by atoms with E-state index >= 15 is 0 Å². The normalized spacial score (nSPS) is 17.7. The van der Waals surface area contributed by atoms with Crippen LogP contribution < -0.4 is 0 Å². The lowest BCUT2D eigenvalue weighted by atomic mass is 9.96. The molecule has 134 valence electrons. The lowest BCUT2D eigenvalue weighted by Crippen LogP contribution is -2.40. The quantitative estimate of drug-likeness (QED) is 0.737. The van der Waals surface area contributed by atoms with Crippen molar-refractivity contribution in [1.82, 2.24) is 19.4 Å². The molecule has 6 heteroatoms. The number of amides is 1. The first-order valence-electron chi connectivity index (χ1n) is 9.04. The first-order valence-corrected chi connectivity index (χ1v) is 10.3. The fourth-order valence-corrected chi connectivity index (χ4v) is 4.00. The van der Waals surface area contributed by atoms with Crippen molar-refractivity contribution in [2.75, 3.05) is 19.3 Å². The highest BCUT2D eigenvalue weighted by molar-refractivity contribution is 7.98. The lowest BCUT2D eigenvalue weighted by molar-refractivity contribution is 0.0699. The van der Waals surface area contributed by atoms with Crippen LogP contribution >= 0.6 is 11.8 Å². The summed E-state index contributed by atoms with van der Waals surface area (Å²) in [6.45, 7) is 4.77. The summed E-state index contributed by atoms with van der Waals surface area (Å²) in [4.78, 5) is 23.9. The molecule has 0 N–H and O–H groups in total. The minimum atomic E-state index is 0.0915. The monoisotopic (exact) mass is 358 g/mol. The van der Waals surface area contributed by atoms with Crippen molar-refractivity contribution in [1.29, 1.82) is 0 Å². The van der Waals surface area contributed by atoms with E-state index in [0.717, 1.165) is 49.7 Å². The summed E-state index contributed by atoms with van der Waals surface area (Å²) < 4.78 is 2.26. The number of aromatic nitrogens is 3. The Labute approximate surface area is 153 Å². The van der Waals surface area contributed by atoms with Crippen LogP contribution in [0.2, 0.25) is 0 Å². The Hall–Kier alpha value is -1.82. The van der Waals surface area contributed by atoms with Crippen LogP contribution in [0.25, 0.3) is 0 Å². The highest BCUT2D eigenvalue weighted by Gasteiger charge is 2.29. The van der Waals surface area contributed by atoms with Gasteiger partial charge in [-0.1, -0.05) is 13.3 Å². The number of pyridine rings is 1. The molecule has 1 aliphatic heterocycles. The topological polar surface area (TPSA) is 51.0 Å². The zero-order valence-corrected chi connectivity index (χ0v) is 15.8. The zero-order valence-electron chi connectivity index (χ0n) is 15.0. The fourth-order valence-electron chi connectivity index (χ4n) is 3.46. The molecule has 1 saturated heterocycles. The summed E-state index contributed by atoms with van der Waals surface area (Å²) in [6.07, 6.45) is 12.1. The molecule has 0 unspecified atom stereocenters. The van der Waals surface area contributed by atoms with Gasteiger partial charge in [-0.3, -0.25) is 4.79 Å². The standard InChI is InChI=1S/C19H26N4OS/c1-3-4-11-22-13-10-20-17(22)15-7-6-12-23(14-15)19(24)16-8-5-9-21-18(16)25-2/h5,8-10,13,15H,3-4,6-7,11-12,14H2,1-2H3/t15-/m0/s1. The number of hydrogen-bond acceptors (Lipinski definition) is 4. The van der Waals surface area contributed by atoms with E-state index in [1.54, 1.807) is 6.20 Å². The van der Waals surface area contributed by atoms with Crippen LogP contribution in [0.1, 0.15) is 54.7 Å². The second kappa shape index (κ2) is 8.52. The molecule has 3 rings (SSSR count). The minimum absolute atomic E-state index is 0.0915. The number of unbranched alkanes of at least 4 members (excludes halogenated alkanes) is 1. The summed E-state index contributed by atoms with van der Waals surface area (Å²) in [5.41, 5.74) is 0.713. The van der Waals surface area contributed by atoms with Gasteiger partial charge in [0.05, 0.1) is 5.56 Å². The van der Waals surface area contributed by atoms with Crippen molar-refractivity contribution in [3.63, 3.8) is 0 Å². The van der Waals surface area contributed by atoms with Gasteiger partial charge in [0.1, 0.15) is 10.9 Å². The Kier molecular flexibility index (Phi) is 6.13. The Morgan fingerprint density at radius 3 is 3.04 bits per heavy atom. The molecular formula is C19H26N4OS. The molecule has 25 heavy (non-hydrogen) atoms. The van der Waals surface area contributed by atoms with Gasteiger partial charge in [-0.15, -0.1) is 11.8 Å². The van der Waals surface area contributed by atoms with E-state index in [2.05, 4.69) is 27.7 Å². The van der Waals surface area contributed by atoms with E-state index in [4.69, 9.17) is 0 Å². The lowest BCUT2D eigenvalue weighted by Gasteiger charge is -2.33. The molecule has 1 amide bonds. The van der Waals surface area contributed by atoms with Gasteiger partial charge in [-0.2, -0.15) is 0 Å². The van der Waals surface area contributed by atoms with E-state index in [1.165, 1.54) is 18.2 Å². The van der Waals surface area contributed by atoms with Crippen LogP contribution in [0.4, 0.5) is 0 Å². The number of rotatable bonds is 6. The predicted octanol–water partition coefficient (Wildman–Crippen LogP) is 3.82. The molecule has 2 aromatic heterocycles. The molecule has 0 spiro atoms. The third-order valence-electron chi connectivity index (χ3n) is 4.77. The average molecular weight is 359 g/mol. The third kappa shape index (κ3) is 4.06. The predicted molar refractivity (Wildman–Crippen MR) is 101 cm³/mol. The molecule has 0 radical (unpaired) electrons. The van der Waals surface area contributed by atoms with Gasteiger partial charge >= 0.3 is 0 Å². The smallest absolute Gasteiger partial charge is 0.256 e. The van der Waals surface area contributed by atoms with E-state index in [-0.39, 0.29) is 5.91 Å². The number of aryl methyl sites for hydroxylation is 1. The van der Waals surface area contributed by atoms with Crippen LogP contribution in [-0.4, -0.2) is 44.7 Å². The van der Waals surface area contributed by atoms with Crippen molar-refractivity contribution in [3.8, 4) is 0 Å². The molecule has 0 aromatic carbocycles. The highest BCUT2D eigenvalue weighted by atomic mass is 32.2. The van der Waals surface area contributed by atoms with Gasteiger partial charge < -0.3 is 9.47 Å². The average Bonchev–Trinajstić information content (AvgIpc) is 3.14. The highest BCUT2D eigenvalue weighted by Crippen LogP contribution is 2.28. The number of likely N-dealkylation sites (tertiary alicyclic amines) is 1. The Bertz CT molecular complexity index is 715. The van der Waals surface area contributed by atoms with Gasteiger partial charge in [-0.25, -0.2) is 9.97 Å². The Morgan fingerprint density at radius 1 is 1.36 bits per heavy atom. The van der Waals surface area contributed by atoms with Crippen molar-refractivity contribution in [2.24, 2.45) is 0 Å². The van der Waals surface area contributed by atoms with E-state index < -0.39 is 0 Å². The second-order valence-corrected chi connectivity index (χ2v) is 7.28. The number of nitrogens with zero attached hydrogens (tertiary/aromatic N) is 4. The summed E-state index contributed by atoms with van der Waals surface area (Å²) in [7, 11) is 0. The van der Waals surface area contributed by atoms with Gasteiger partial charge in [0.2, 0.25) is 0 Å². The molecule has 1 fully saturated rings. The Balaban J connectivity index is 1.75. The Morgan fingerprint density at radius 2 is 2.24 bits per heavy atom. The first-order chi connectivity index (χ1) is 12.2. The molecule has 1 atom stereocenters. The second-order valence-electron chi connectivity index (χ2n) is 6.48. The molecule has 5 nitrogen and oxygen atoms in total. The molecule has 0 bridgehead atoms. The molecule has 1 aliphatic rings. The van der Waals surface area contributed by atoms with Crippen molar-refractivity contribution in [2.45, 2.75) is 50.1 Å². The number of piperidine rings is 1. The number of thioether (sulfide) groups is 1. The minimum Gasteiger partial charge on any atom is -0.338 e. The summed E-state index contributed by atoms with van der Waals surface area (Å²) in [5.74, 6) is 1.54. The van der Waals surface area contributed by atoms with Crippen LogP contribution in [0, 0.1) is 0 Å². The molecule has 0 saturated carbocycles. The van der Waals surface area contributed by atoms with Crippen LogP contribution in [-0.2, 0) is 6.54 Å². The number of carbonyl (C=O) groups excluding carboxylic acids is 1. The molecular weight excluding hydrogens is 332 g/mol. The van der Waals surface area contributed by atoms with Crippen molar-refractivity contribution < 1.29 is 4.79 Å². The molecule has 0 aliphatic carbocycles. The van der Waals surface area contributed by atoms with Gasteiger partial charge in [-0.05, 0) is 37.7 Å². The van der Waals surface area contributed by atoms with Crippen LogP contribution in [0.3, 0.4) is 0 Å². The summed E-state index contributed by atoms with van der Waals surface area (Å²) >= 11 is 1.52. The zero-order chi connectivity index (χ0) is 17.6. The van der Waals surface area contributed by atoms with Crippen molar-refractivity contribution in [3.05, 3.63) is 42.1 Å². The van der Waals surface area contributed by atoms with Crippen LogP contribution in [0.5, 0.6) is 0 Å². The maximum atomic E-state index is 13.0. The largest absolute Gasteiger partial charge is 0.338 e. The SMILES string of the molecule is CCCCn1ccnc1[C@H]1CCCN(C(=O)c2cccnc2SC)C1. The number of hydrogen-bond donors (Lipinski definition) is 0. The van der Waals surface area contributed by atoms with Gasteiger partial charge in [0.15, 0.2) is 0 Å². The van der Waals surface area contributed by atoms with E-state index in [1.807, 2.05) is 29.5 Å². The van der Waals surface area contributed by atoms with Crippen molar-refractivity contribution >= 4 is 17.7 Å². The third-order valence-corrected chi connectivity index (χ3v) is 5.48. The number of imidazole rings is 1. The molecule has 3 heterocycles. The van der Waals surface area contributed by atoms with E-state index in [9.17, 15) is 4.79 Å².